The van der Waals surface area contributed by atoms with Crippen molar-refractivity contribution in [2.75, 3.05) is 41.3 Å². The van der Waals surface area contributed by atoms with Crippen LogP contribution in [-0.2, 0) is 0 Å². The van der Waals surface area contributed by atoms with E-state index in [1.165, 1.54) is 0 Å². The summed E-state index contributed by atoms with van der Waals surface area (Å²) in [6.07, 6.45) is 0. The van der Waals surface area contributed by atoms with Crippen LogP contribution < -0.4 is 4.74 Å². The molecule has 142 valence electrons. The van der Waals surface area contributed by atoms with E-state index in [-0.39, 0.29) is 24.1 Å². The first-order valence-electron chi connectivity index (χ1n) is 8.22. The van der Waals surface area contributed by atoms with Crippen molar-refractivity contribution < 1.29 is 9.53 Å². The fourth-order valence-electron chi connectivity index (χ4n) is 2.67. The third kappa shape index (κ3) is 6.96. The predicted octanol–water partition coefficient (Wildman–Crippen LogP) is 4.48. The van der Waals surface area contributed by atoms with E-state index in [1.54, 1.807) is 12.1 Å². The number of ether oxygens (including phenoxy) is 1. The van der Waals surface area contributed by atoms with E-state index in [1.807, 2.05) is 74.4 Å². The van der Waals surface area contributed by atoms with Gasteiger partial charge in [-0.05, 0) is 76.7 Å². The van der Waals surface area contributed by atoms with Crippen molar-refractivity contribution in [2.24, 2.45) is 5.92 Å². The van der Waals surface area contributed by atoms with Gasteiger partial charge < -0.3 is 14.5 Å². The second-order valence-corrected chi connectivity index (χ2v) is 7.10. The van der Waals surface area contributed by atoms with Crippen LogP contribution in [-0.4, -0.2) is 56.9 Å². The van der Waals surface area contributed by atoms with Gasteiger partial charge in [0, 0.05) is 29.6 Å². The van der Waals surface area contributed by atoms with Gasteiger partial charge in [-0.1, -0.05) is 11.6 Å². The van der Waals surface area contributed by atoms with Crippen molar-refractivity contribution in [1.82, 2.24) is 9.80 Å². The molecule has 0 N–H and O–H groups in total. The molecule has 2 rings (SSSR count). The average molecular weight is 397 g/mol. The van der Waals surface area contributed by atoms with Crippen molar-refractivity contribution in [3.63, 3.8) is 0 Å². The van der Waals surface area contributed by atoms with E-state index in [9.17, 15) is 4.79 Å². The minimum atomic E-state index is -0.0620. The molecule has 0 spiro atoms. The number of benzene rings is 2. The van der Waals surface area contributed by atoms with Crippen LogP contribution in [0.1, 0.15) is 10.4 Å². The van der Waals surface area contributed by atoms with Gasteiger partial charge in [-0.2, -0.15) is 0 Å². The van der Waals surface area contributed by atoms with Crippen LogP contribution >= 0.6 is 24.0 Å². The maximum atomic E-state index is 12.8. The van der Waals surface area contributed by atoms with Crippen molar-refractivity contribution in [1.29, 1.82) is 0 Å². The zero-order chi connectivity index (χ0) is 18.4. The van der Waals surface area contributed by atoms with Gasteiger partial charge in [0.2, 0.25) is 0 Å². The number of carbonyl (C=O) groups is 1. The van der Waals surface area contributed by atoms with Crippen LogP contribution in [0.2, 0.25) is 5.02 Å². The van der Waals surface area contributed by atoms with E-state index in [4.69, 9.17) is 16.3 Å². The third-order valence-corrected chi connectivity index (χ3v) is 3.98. The smallest absolute Gasteiger partial charge is 0.168 e. The molecule has 0 aliphatic carbocycles. The van der Waals surface area contributed by atoms with Gasteiger partial charge in [-0.25, -0.2) is 0 Å². The summed E-state index contributed by atoms with van der Waals surface area (Å²) in [6, 6.07) is 14.5. The Bertz CT molecular complexity index is 676. The maximum absolute atomic E-state index is 12.8. The first-order valence-corrected chi connectivity index (χ1v) is 8.60. The molecule has 2 aromatic carbocycles. The topological polar surface area (TPSA) is 32.8 Å². The van der Waals surface area contributed by atoms with Crippen LogP contribution in [0.4, 0.5) is 0 Å². The second kappa shape index (κ2) is 10.5. The Morgan fingerprint density at radius 1 is 0.885 bits per heavy atom. The summed E-state index contributed by atoms with van der Waals surface area (Å²) in [6.45, 7) is 1.44. The highest BCUT2D eigenvalue weighted by Gasteiger charge is 2.21. The first kappa shape index (κ1) is 22.5. The molecule has 6 heteroatoms. The fraction of sp³-hybridized carbons (Fsp3) is 0.350. The SMILES string of the molecule is CN(C)CC(CN(C)C)C(=O)c1ccc(Oc2ccc(Cl)cc2)cc1.Cl. The minimum Gasteiger partial charge on any atom is -0.457 e. The summed E-state index contributed by atoms with van der Waals surface area (Å²) in [5, 5.41) is 0.668. The molecule has 0 fully saturated rings. The van der Waals surface area contributed by atoms with Crippen LogP contribution in [0.3, 0.4) is 0 Å². The van der Waals surface area contributed by atoms with Crippen LogP contribution in [0, 0.1) is 5.92 Å². The molecule has 2 aromatic rings. The Kier molecular flexibility index (Phi) is 9.09. The van der Waals surface area contributed by atoms with Gasteiger partial charge in [-0.15, -0.1) is 12.4 Å². The monoisotopic (exact) mass is 396 g/mol. The Labute approximate surface area is 167 Å². The fourth-order valence-corrected chi connectivity index (χ4v) is 2.79. The molecule has 0 unspecified atom stereocenters. The number of rotatable bonds is 8. The number of nitrogens with zero attached hydrogens (tertiary/aromatic N) is 2. The molecule has 0 saturated carbocycles. The molecule has 0 radical (unpaired) electrons. The Balaban J connectivity index is 0.00000338. The lowest BCUT2D eigenvalue weighted by Gasteiger charge is -2.23. The summed E-state index contributed by atoms with van der Waals surface area (Å²) < 4.78 is 5.77. The first-order chi connectivity index (χ1) is 11.8. The van der Waals surface area contributed by atoms with Crippen molar-refractivity contribution in [3.8, 4) is 11.5 Å². The van der Waals surface area contributed by atoms with Crippen molar-refractivity contribution in [2.45, 2.75) is 0 Å². The van der Waals surface area contributed by atoms with Gasteiger partial charge in [-0.3, -0.25) is 4.79 Å². The number of carbonyl (C=O) groups excluding carboxylic acids is 1. The van der Waals surface area contributed by atoms with Gasteiger partial charge in [0.15, 0.2) is 5.78 Å². The Hall–Kier alpha value is -1.59. The molecule has 0 heterocycles. The quantitative estimate of drug-likeness (QED) is 0.615. The zero-order valence-corrected chi connectivity index (χ0v) is 17.2. The van der Waals surface area contributed by atoms with E-state index in [2.05, 4.69) is 0 Å². The lowest BCUT2D eigenvalue weighted by molar-refractivity contribution is 0.0871. The van der Waals surface area contributed by atoms with E-state index in [0.29, 0.717) is 22.1 Å². The number of hydrogen-bond acceptors (Lipinski definition) is 4. The number of hydrogen-bond donors (Lipinski definition) is 0. The number of halogens is 2. The number of Topliss-reactive ketones (excluding diaryl/α,β-unsaturated/α-hetero) is 1. The summed E-state index contributed by atoms with van der Waals surface area (Å²) >= 11 is 5.87. The molecule has 0 amide bonds. The molecule has 4 nitrogen and oxygen atoms in total. The molecule has 0 atom stereocenters. The highest BCUT2D eigenvalue weighted by atomic mass is 35.5. The molecule has 0 aliphatic rings. The standard InChI is InChI=1S/C20H25ClN2O2.ClH/c1-22(2)13-16(14-23(3)4)20(24)15-5-9-18(10-6-15)25-19-11-7-17(21)8-12-19;/h5-12,16H,13-14H2,1-4H3;1H. The lowest BCUT2D eigenvalue weighted by Crippen LogP contribution is -2.35. The number of ketones is 1. The normalized spacial score (nSPS) is 10.9. The Morgan fingerprint density at radius 3 is 1.73 bits per heavy atom. The molecule has 26 heavy (non-hydrogen) atoms. The molecule has 0 aromatic heterocycles. The van der Waals surface area contributed by atoms with Crippen molar-refractivity contribution >= 4 is 29.8 Å². The molecular formula is C20H26Cl2N2O2. The molecule has 0 aliphatic heterocycles. The van der Waals surface area contributed by atoms with Gasteiger partial charge >= 0.3 is 0 Å². The van der Waals surface area contributed by atoms with Gasteiger partial charge in [0.25, 0.3) is 0 Å². The van der Waals surface area contributed by atoms with Crippen LogP contribution in [0.25, 0.3) is 0 Å². The zero-order valence-electron chi connectivity index (χ0n) is 15.6. The highest BCUT2D eigenvalue weighted by molar-refractivity contribution is 6.30. The van der Waals surface area contributed by atoms with Crippen molar-refractivity contribution in [3.05, 3.63) is 59.1 Å². The van der Waals surface area contributed by atoms with Crippen LogP contribution in [0.5, 0.6) is 11.5 Å². The summed E-state index contributed by atoms with van der Waals surface area (Å²) in [5.74, 6) is 1.49. The summed E-state index contributed by atoms with van der Waals surface area (Å²) in [5.41, 5.74) is 0.706. The molecular weight excluding hydrogens is 371 g/mol. The van der Waals surface area contributed by atoms with E-state index < -0.39 is 0 Å². The lowest BCUT2D eigenvalue weighted by atomic mass is 9.96. The molecule has 0 bridgehead atoms. The maximum Gasteiger partial charge on any atom is 0.168 e. The van der Waals surface area contributed by atoms with E-state index in [0.717, 1.165) is 13.1 Å². The van der Waals surface area contributed by atoms with Gasteiger partial charge in [0.05, 0.1) is 0 Å². The van der Waals surface area contributed by atoms with Gasteiger partial charge in [0.1, 0.15) is 11.5 Å². The summed E-state index contributed by atoms with van der Waals surface area (Å²) in [7, 11) is 7.94. The molecule has 0 saturated heterocycles. The average Bonchev–Trinajstić information content (AvgIpc) is 2.55. The predicted molar refractivity (Wildman–Crippen MR) is 110 cm³/mol. The van der Waals surface area contributed by atoms with E-state index >= 15 is 0 Å². The Morgan fingerprint density at radius 2 is 1.31 bits per heavy atom. The highest BCUT2D eigenvalue weighted by Crippen LogP contribution is 2.24. The largest absolute Gasteiger partial charge is 0.457 e. The summed E-state index contributed by atoms with van der Waals surface area (Å²) in [4.78, 5) is 16.9. The van der Waals surface area contributed by atoms with Crippen LogP contribution in [0.15, 0.2) is 48.5 Å². The minimum absolute atomic E-state index is 0. The third-order valence-electron chi connectivity index (χ3n) is 3.73. The second-order valence-electron chi connectivity index (χ2n) is 6.67.